The number of carbonyl (C=O) groups is 2. The molecule has 5 heteroatoms. The summed E-state index contributed by atoms with van der Waals surface area (Å²) in [5.74, 6) is -0.420. The highest BCUT2D eigenvalue weighted by molar-refractivity contribution is 6.12. The Labute approximate surface area is 179 Å². The molecular formula is C25H33NO4. The predicted molar refractivity (Wildman–Crippen MR) is 118 cm³/mol. The minimum absolute atomic E-state index is 0.129. The van der Waals surface area contributed by atoms with E-state index in [0.717, 1.165) is 36.3 Å². The summed E-state index contributed by atoms with van der Waals surface area (Å²) >= 11 is 0. The third-order valence-electron chi connectivity index (χ3n) is 5.87. The van der Waals surface area contributed by atoms with Gasteiger partial charge in [-0.15, -0.1) is 0 Å². The Morgan fingerprint density at radius 3 is 2.60 bits per heavy atom. The fraction of sp³-hybridized carbons (Fsp3) is 0.560. The number of aliphatic imine (C=N–C) groups is 1. The lowest BCUT2D eigenvalue weighted by Gasteiger charge is -2.41. The van der Waals surface area contributed by atoms with Crippen molar-refractivity contribution in [1.82, 2.24) is 0 Å². The van der Waals surface area contributed by atoms with Gasteiger partial charge >= 0.3 is 5.97 Å². The molecule has 1 aromatic carbocycles. The maximum atomic E-state index is 13.3. The summed E-state index contributed by atoms with van der Waals surface area (Å²) in [6.07, 6.45) is 3.20. The van der Waals surface area contributed by atoms with Crippen molar-refractivity contribution in [3.63, 3.8) is 0 Å². The Bertz CT molecular complexity index is 881. The Hall–Kier alpha value is -2.43. The highest BCUT2D eigenvalue weighted by atomic mass is 16.5. The van der Waals surface area contributed by atoms with Crippen LogP contribution in [0, 0.1) is 11.3 Å². The van der Waals surface area contributed by atoms with Gasteiger partial charge in [-0.25, -0.2) is 4.79 Å². The van der Waals surface area contributed by atoms with Crippen molar-refractivity contribution in [2.24, 2.45) is 16.3 Å². The summed E-state index contributed by atoms with van der Waals surface area (Å²) in [7, 11) is 0. The van der Waals surface area contributed by atoms with Crippen molar-refractivity contribution in [2.45, 2.75) is 66.2 Å². The minimum atomic E-state index is -0.447. The second kappa shape index (κ2) is 9.15. The van der Waals surface area contributed by atoms with E-state index in [1.165, 1.54) is 0 Å². The topological polar surface area (TPSA) is 65.0 Å². The maximum Gasteiger partial charge on any atom is 0.336 e. The van der Waals surface area contributed by atoms with Crippen LogP contribution in [-0.2, 0) is 14.3 Å². The number of hydrogen-bond donors (Lipinski definition) is 0. The fourth-order valence-electron chi connectivity index (χ4n) is 4.60. The quantitative estimate of drug-likeness (QED) is 0.454. The van der Waals surface area contributed by atoms with E-state index in [1.807, 2.05) is 31.2 Å². The molecule has 0 N–H and O–H groups in total. The fourth-order valence-corrected chi connectivity index (χ4v) is 4.60. The highest BCUT2D eigenvalue weighted by Crippen LogP contribution is 2.48. The van der Waals surface area contributed by atoms with Crippen molar-refractivity contribution in [3.8, 4) is 5.75 Å². The zero-order chi connectivity index (χ0) is 21.9. The number of fused-ring (bicyclic) bond motifs is 1. The summed E-state index contributed by atoms with van der Waals surface area (Å²) < 4.78 is 11.5. The van der Waals surface area contributed by atoms with Crippen LogP contribution < -0.4 is 4.74 Å². The number of ketones is 1. The van der Waals surface area contributed by atoms with Crippen molar-refractivity contribution >= 4 is 17.5 Å². The highest BCUT2D eigenvalue weighted by Gasteiger charge is 2.48. The van der Waals surface area contributed by atoms with Gasteiger partial charge in [0.15, 0.2) is 0 Å². The van der Waals surface area contributed by atoms with E-state index < -0.39 is 17.8 Å². The summed E-state index contributed by atoms with van der Waals surface area (Å²) in [5.41, 5.74) is 2.72. The van der Waals surface area contributed by atoms with Crippen molar-refractivity contribution in [3.05, 3.63) is 41.1 Å². The van der Waals surface area contributed by atoms with Crippen LogP contribution in [0.1, 0.15) is 71.8 Å². The third kappa shape index (κ3) is 4.50. The number of rotatable bonds is 7. The molecule has 3 rings (SSSR count). The first kappa shape index (κ1) is 22.3. The van der Waals surface area contributed by atoms with E-state index in [1.54, 1.807) is 6.92 Å². The summed E-state index contributed by atoms with van der Waals surface area (Å²) in [5, 5.41) is 0. The van der Waals surface area contributed by atoms with E-state index >= 15 is 0 Å². The number of nitrogens with zero attached hydrogens (tertiary/aromatic N) is 1. The molecule has 0 saturated heterocycles. The Morgan fingerprint density at radius 2 is 1.90 bits per heavy atom. The standard InChI is InChI=1S/C25H33NO4/c1-6-8-13-30-20-12-10-9-11-17(20)22-21(24(28)29-7-2)16(3)26-18-14-25(4,5)15-19(27)23(18)22/h9-12,22-23H,6-8,13-15H2,1-5H3/t22-,23?/m0/s1. The minimum Gasteiger partial charge on any atom is -0.493 e. The molecule has 0 spiro atoms. The van der Waals surface area contributed by atoms with E-state index in [0.29, 0.717) is 24.3 Å². The Balaban J connectivity index is 2.13. The molecule has 30 heavy (non-hydrogen) atoms. The number of benzene rings is 1. The number of esters is 1. The molecule has 162 valence electrons. The van der Waals surface area contributed by atoms with Gasteiger partial charge in [0.1, 0.15) is 11.5 Å². The first-order valence-corrected chi connectivity index (χ1v) is 11.0. The van der Waals surface area contributed by atoms with Gasteiger partial charge in [0.2, 0.25) is 0 Å². The molecule has 0 radical (unpaired) electrons. The molecule has 1 aliphatic heterocycles. The van der Waals surface area contributed by atoms with Gasteiger partial charge in [-0.05, 0) is 38.2 Å². The largest absolute Gasteiger partial charge is 0.493 e. The second-order valence-corrected chi connectivity index (χ2v) is 9.00. The molecule has 0 aromatic heterocycles. The average molecular weight is 412 g/mol. The maximum absolute atomic E-state index is 13.3. The van der Waals surface area contributed by atoms with Crippen molar-refractivity contribution < 1.29 is 19.1 Å². The molecule has 2 aliphatic rings. The number of ether oxygens (including phenoxy) is 2. The van der Waals surface area contributed by atoms with Gasteiger partial charge in [-0.2, -0.15) is 0 Å². The smallest absolute Gasteiger partial charge is 0.336 e. The van der Waals surface area contributed by atoms with Crippen LogP contribution in [0.2, 0.25) is 0 Å². The van der Waals surface area contributed by atoms with Crippen LogP contribution in [0.4, 0.5) is 0 Å². The molecule has 1 saturated carbocycles. The van der Waals surface area contributed by atoms with Crippen LogP contribution in [0.3, 0.4) is 0 Å². The number of hydrogen-bond acceptors (Lipinski definition) is 5. The molecule has 0 bridgehead atoms. The lowest BCUT2D eigenvalue weighted by molar-refractivity contribution is -0.139. The van der Waals surface area contributed by atoms with Crippen LogP contribution in [0.5, 0.6) is 5.75 Å². The Morgan fingerprint density at radius 1 is 1.17 bits per heavy atom. The molecular weight excluding hydrogens is 378 g/mol. The predicted octanol–water partition coefficient (Wildman–Crippen LogP) is 5.25. The molecule has 1 fully saturated rings. The Kier molecular flexibility index (Phi) is 6.79. The van der Waals surface area contributed by atoms with Gasteiger partial charge in [0.25, 0.3) is 0 Å². The first-order chi connectivity index (χ1) is 14.3. The molecule has 0 amide bonds. The zero-order valence-corrected chi connectivity index (χ0v) is 18.8. The first-order valence-electron chi connectivity index (χ1n) is 11.0. The molecule has 1 aliphatic carbocycles. The van der Waals surface area contributed by atoms with Gasteiger partial charge in [0, 0.05) is 29.3 Å². The number of carbonyl (C=O) groups excluding carboxylic acids is 2. The SMILES string of the molecule is CCCCOc1ccccc1[C@H]1C(C(=O)OCC)=C(C)N=C2CC(C)(C)CC(=O)C21. The van der Waals surface area contributed by atoms with Crippen molar-refractivity contribution in [1.29, 1.82) is 0 Å². The average Bonchev–Trinajstić information content (AvgIpc) is 2.66. The normalized spacial score (nSPS) is 23.0. The third-order valence-corrected chi connectivity index (χ3v) is 5.87. The number of Topliss-reactive ketones (excluding diaryl/α,β-unsaturated/α-hetero) is 1. The van der Waals surface area contributed by atoms with E-state index in [-0.39, 0.29) is 17.8 Å². The van der Waals surface area contributed by atoms with Crippen LogP contribution in [-0.4, -0.2) is 30.7 Å². The lowest BCUT2D eigenvalue weighted by atomic mass is 9.63. The molecule has 2 atom stereocenters. The second-order valence-electron chi connectivity index (χ2n) is 9.00. The summed E-state index contributed by atoms with van der Waals surface area (Å²) in [4.78, 5) is 31.1. The van der Waals surface area contributed by atoms with E-state index in [9.17, 15) is 9.59 Å². The van der Waals surface area contributed by atoms with Crippen LogP contribution in [0.25, 0.3) is 0 Å². The molecule has 1 unspecified atom stereocenters. The number of allylic oxidation sites excluding steroid dienone is 1. The molecule has 1 aromatic rings. The molecule has 1 heterocycles. The summed E-state index contributed by atoms with van der Waals surface area (Å²) in [6, 6.07) is 7.75. The van der Waals surface area contributed by atoms with Crippen LogP contribution in [0.15, 0.2) is 40.5 Å². The zero-order valence-electron chi connectivity index (χ0n) is 18.8. The van der Waals surface area contributed by atoms with E-state index in [2.05, 4.69) is 20.8 Å². The van der Waals surface area contributed by atoms with Gasteiger partial charge < -0.3 is 9.47 Å². The van der Waals surface area contributed by atoms with Crippen molar-refractivity contribution in [2.75, 3.05) is 13.2 Å². The lowest BCUT2D eigenvalue weighted by Crippen LogP contribution is -2.44. The summed E-state index contributed by atoms with van der Waals surface area (Å²) in [6.45, 7) is 10.8. The van der Waals surface area contributed by atoms with Crippen LogP contribution >= 0.6 is 0 Å². The van der Waals surface area contributed by atoms with Gasteiger partial charge in [-0.1, -0.05) is 45.4 Å². The van der Waals surface area contributed by atoms with Gasteiger partial charge in [-0.3, -0.25) is 9.79 Å². The number of para-hydroxylation sites is 1. The molecule has 5 nitrogen and oxygen atoms in total. The monoisotopic (exact) mass is 411 g/mol. The number of unbranched alkanes of at least 4 members (excludes halogenated alkanes) is 1. The van der Waals surface area contributed by atoms with E-state index in [4.69, 9.17) is 14.5 Å². The van der Waals surface area contributed by atoms with Gasteiger partial charge in [0.05, 0.1) is 24.7 Å².